The first kappa shape index (κ1) is 10.9. The summed E-state index contributed by atoms with van der Waals surface area (Å²) in [6, 6.07) is 8.84. The Kier molecular flexibility index (Phi) is 2.58. The molecule has 3 aromatic rings. The van der Waals surface area contributed by atoms with Gasteiger partial charge in [0.2, 0.25) is 5.78 Å². The van der Waals surface area contributed by atoms with E-state index in [0.717, 1.165) is 11.3 Å². The van der Waals surface area contributed by atoms with Crippen LogP contribution in [0.1, 0.15) is 0 Å². The van der Waals surface area contributed by atoms with Crippen LogP contribution in [0.5, 0.6) is 0 Å². The topological polar surface area (TPSA) is 70.7 Å². The van der Waals surface area contributed by atoms with Crippen molar-refractivity contribution < 1.29 is 10.0 Å². The Hall–Kier alpha value is -2.18. The molecule has 0 radical (unpaired) electrons. The molecule has 5 nitrogen and oxygen atoms in total. The van der Waals surface area contributed by atoms with Gasteiger partial charge in [0.25, 0.3) is 0 Å². The fourth-order valence-corrected chi connectivity index (χ4v) is 1.87. The van der Waals surface area contributed by atoms with Gasteiger partial charge >= 0.3 is 7.12 Å². The van der Waals surface area contributed by atoms with E-state index in [2.05, 4.69) is 9.97 Å². The monoisotopic (exact) mass is 239 g/mol. The third-order valence-electron chi connectivity index (χ3n) is 2.79. The molecular formula is C12H10BN3O2. The van der Waals surface area contributed by atoms with E-state index in [1.165, 1.54) is 0 Å². The number of hydrogen-bond donors (Lipinski definition) is 2. The fraction of sp³-hybridized carbons (Fsp3) is 0. The molecule has 0 saturated carbocycles. The van der Waals surface area contributed by atoms with Gasteiger partial charge < -0.3 is 10.0 Å². The Morgan fingerprint density at radius 1 is 1.06 bits per heavy atom. The zero-order valence-electron chi connectivity index (χ0n) is 9.43. The van der Waals surface area contributed by atoms with Gasteiger partial charge in [-0.3, -0.25) is 4.40 Å². The molecule has 0 unspecified atom stereocenters. The zero-order valence-corrected chi connectivity index (χ0v) is 9.43. The molecule has 1 aromatic carbocycles. The molecule has 18 heavy (non-hydrogen) atoms. The van der Waals surface area contributed by atoms with Crippen LogP contribution in [0.4, 0.5) is 0 Å². The SMILES string of the molecule is OB(O)c1ccc(-c2cnc3ncccn23)cc1. The highest BCUT2D eigenvalue weighted by Gasteiger charge is 2.11. The molecule has 3 rings (SSSR count). The molecule has 2 N–H and O–H groups in total. The van der Waals surface area contributed by atoms with Gasteiger partial charge in [-0.05, 0) is 11.5 Å². The standard InChI is InChI=1S/C12H10BN3O2/c17-13(18)10-4-2-9(3-5-10)11-8-15-12-14-6-1-7-16(11)12/h1-8,17-18H. The van der Waals surface area contributed by atoms with Crippen LogP contribution in [0.15, 0.2) is 48.9 Å². The third-order valence-corrected chi connectivity index (χ3v) is 2.79. The van der Waals surface area contributed by atoms with Crippen LogP contribution in [-0.2, 0) is 0 Å². The van der Waals surface area contributed by atoms with E-state index in [1.807, 2.05) is 28.8 Å². The third kappa shape index (κ3) is 1.77. The Balaban J connectivity index is 2.09. The summed E-state index contributed by atoms with van der Waals surface area (Å²) < 4.78 is 1.88. The highest BCUT2D eigenvalue weighted by Crippen LogP contribution is 2.18. The number of benzene rings is 1. The Labute approximate surface area is 104 Å². The first-order chi connectivity index (χ1) is 8.75. The van der Waals surface area contributed by atoms with Crippen molar-refractivity contribution in [3.05, 3.63) is 48.9 Å². The molecule has 0 atom stereocenters. The molecule has 2 heterocycles. The highest BCUT2D eigenvalue weighted by atomic mass is 16.4. The second-order valence-corrected chi connectivity index (χ2v) is 3.93. The number of hydrogen-bond acceptors (Lipinski definition) is 4. The minimum Gasteiger partial charge on any atom is -0.423 e. The quantitative estimate of drug-likeness (QED) is 0.621. The zero-order chi connectivity index (χ0) is 12.5. The number of fused-ring (bicyclic) bond motifs is 1. The normalized spacial score (nSPS) is 10.8. The lowest BCUT2D eigenvalue weighted by Gasteiger charge is -2.03. The van der Waals surface area contributed by atoms with Crippen LogP contribution >= 0.6 is 0 Å². The molecular weight excluding hydrogens is 229 g/mol. The molecule has 6 heteroatoms. The van der Waals surface area contributed by atoms with E-state index in [4.69, 9.17) is 10.0 Å². The number of nitrogens with zero attached hydrogens (tertiary/aromatic N) is 3. The van der Waals surface area contributed by atoms with Crippen LogP contribution in [-0.4, -0.2) is 31.5 Å². The van der Waals surface area contributed by atoms with Gasteiger partial charge in [0.05, 0.1) is 11.9 Å². The van der Waals surface area contributed by atoms with Crippen molar-refractivity contribution in [2.24, 2.45) is 0 Å². The van der Waals surface area contributed by atoms with Crippen molar-refractivity contribution in [2.45, 2.75) is 0 Å². The lowest BCUT2D eigenvalue weighted by molar-refractivity contribution is 0.426. The minimum absolute atomic E-state index is 0.464. The smallest absolute Gasteiger partial charge is 0.423 e. The molecule has 0 bridgehead atoms. The van der Waals surface area contributed by atoms with Gasteiger partial charge in [-0.25, -0.2) is 9.97 Å². The van der Waals surface area contributed by atoms with Gasteiger partial charge in [-0.2, -0.15) is 0 Å². The number of aromatic nitrogens is 3. The molecule has 0 spiro atoms. The predicted octanol–water partition coefficient (Wildman–Crippen LogP) is 0.0761. The lowest BCUT2D eigenvalue weighted by Crippen LogP contribution is -2.29. The summed E-state index contributed by atoms with van der Waals surface area (Å²) in [5.74, 6) is 0.638. The van der Waals surface area contributed by atoms with Crippen molar-refractivity contribution in [3.8, 4) is 11.3 Å². The van der Waals surface area contributed by atoms with E-state index in [9.17, 15) is 0 Å². The second-order valence-electron chi connectivity index (χ2n) is 3.93. The van der Waals surface area contributed by atoms with Crippen molar-refractivity contribution in [1.29, 1.82) is 0 Å². The molecule has 88 valence electrons. The van der Waals surface area contributed by atoms with Crippen LogP contribution in [0.25, 0.3) is 17.0 Å². The van der Waals surface area contributed by atoms with Gasteiger partial charge in [0.1, 0.15) is 0 Å². The second kappa shape index (κ2) is 4.25. The molecule has 0 aliphatic carbocycles. The number of imidazole rings is 1. The van der Waals surface area contributed by atoms with E-state index >= 15 is 0 Å². The summed E-state index contributed by atoms with van der Waals surface area (Å²) in [7, 11) is -1.44. The molecule has 0 amide bonds. The summed E-state index contributed by atoms with van der Waals surface area (Å²) >= 11 is 0. The van der Waals surface area contributed by atoms with E-state index in [1.54, 1.807) is 24.5 Å². The molecule has 0 aliphatic rings. The highest BCUT2D eigenvalue weighted by molar-refractivity contribution is 6.58. The van der Waals surface area contributed by atoms with Gasteiger partial charge in [-0.1, -0.05) is 24.3 Å². The van der Waals surface area contributed by atoms with Crippen molar-refractivity contribution in [1.82, 2.24) is 14.4 Å². The van der Waals surface area contributed by atoms with Crippen LogP contribution in [0, 0.1) is 0 Å². The Bertz CT molecular complexity index is 679. The Morgan fingerprint density at radius 3 is 2.56 bits per heavy atom. The van der Waals surface area contributed by atoms with Gasteiger partial charge in [0.15, 0.2) is 0 Å². The summed E-state index contributed by atoms with van der Waals surface area (Å²) in [5.41, 5.74) is 2.32. The maximum Gasteiger partial charge on any atom is 0.488 e. The molecule has 0 saturated heterocycles. The van der Waals surface area contributed by atoms with E-state index in [0.29, 0.717) is 11.2 Å². The van der Waals surface area contributed by atoms with E-state index < -0.39 is 7.12 Å². The number of rotatable bonds is 2. The molecule has 2 aromatic heterocycles. The Morgan fingerprint density at radius 2 is 1.83 bits per heavy atom. The first-order valence-electron chi connectivity index (χ1n) is 5.50. The molecule has 0 fully saturated rings. The minimum atomic E-state index is -1.44. The van der Waals surface area contributed by atoms with Crippen molar-refractivity contribution in [2.75, 3.05) is 0 Å². The first-order valence-corrected chi connectivity index (χ1v) is 5.50. The van der Waals surface area contributed by atoms with Crippen LogP contribution in [0.2, 0.25) is 0 Å². The average Bonchev–Trinajstić information content (AvgIpc) is 2.82. The average molecular weight is 239 g/mol. The summed E-state index contributed by atoms with van der Waals surface area (Å²) in [6.07, 6.45) is 5.32. The van der Waals surface area contributed by atoms with Crippen molar-refractivity contribution >= 4 is 18.4 Å². The van der Waals surface area contributed by atoms with Gasteiger partial charge in [0, 0.05) is 18.0 Å². The summed E-state index contributed by atoms with van der Waals surface area (Å²) in [6.45, 7) is 0. The van der Waals surface area contributed by atoms with E-state index in [-0.39, 0.29) is 0 Å². The largest absolute Gasteiger partial charge is 0.488 e. The fourth-order valence-electron chi connectivity index (χ4n) is 1.87. The predicted molar refractivity (Wildman–Crippen MR) is 68.2 cm³/mol. The summed E-state index contributed by atoms with van der Waals surface area (Å²) in [4.78, 5) is 8.35. The maximum atomic E-state index is 9.04. The van der Waals surface area contributed by atoms with Crippen molar-refractivity contribution in [3.63, 3.8) is 0 Å². The maximum absolute atomic E-state index is 9.04. The summed E-state index contributed by atoms with van der Waals surface area (Å²) in [5, 5.41) is 18.1. The lowest BCUT2D eigenvalue weighted by atomic mass is 9.80. The molecule has 0 aliphatic heterocycles. The van der Waals surface area contributed by atoms with Crippen LogP contribution < -0.4 is 5.46 Å². The van der Waals surface area contributed by atoms with Gasteiger partial charge in [-0.15, -0.1) is 0 Å². The van der Waals surface area contributed by atoms with Crippen LogP contribution in [0.3, 0.4) is 0 Å².